The van der Waals surface area contributed by atoms with E-state index in [1.165, 1.54) is 18.4 Å². The Bertz CT molecular complexity index is 473. The van der Waals surface area contributed by atoms with E-state index in [0.29, 0.717) is 12.3 Å². The van der Waals surface area contributed by atoms with Gasteiger partial charge in [0.05, 0.1) is 6.42 Å². The zero-order valence-electron chi connectivity index (χ0n) is 14.5. The lowest BCUT2D eigenvalue weighted by molar-refractivity contribution is -0.132. The standard InChI is InChI=1S/C19H30N2O.ClH/c1-3-4-6-16-8-10-17(11-9-16)13-19(22)21-12-5-7-18(14-21)15(2)20;/h8-11,15,18H,3-7,12-14,20H2,1-2H3;1H. The van der Waals surface area contributed by atoms with Crippen molar-refractivity contribution in [3.8, 4) is 0 Å². The molecule has 1 amide bonds. The maximum Gasteiger partial charge on any atom is 0.226 e. The summed E-state index contributed by atoms with van der Waals surface area (Å²) >= 11 is 0. The molecule has 130 valence electrons. The van der Waals surface area contributed by atoms with Gasteiger partial charge in [-0.15, -0.1) is 12.4 Å². The van der Waals surface area contributed by atoms with E-state index < -0.39 is 0 Å². The fourth-order valence-electron chi connectivity index (χ4n) is 3.16. The molecule has 0 bridgehead atoms. The highest BCUT2D eigenvalue weighted by Crippen LogP contribution is 2.19. The molecule has 23 heavy (non-hydrogen) atoms. The Balaban J connectivity index is 0.00000264. The second-order valence-corrected chi connectivity index (χ2v) is 6.70. The molecule has 2 rings (SSSR count). The van der Waals surface area contributed by atoms with Gasteiger partial charge in [0.1, 0.15) is 0 Å². The van der Waals surface area contributed by atoms with Gasteiger partial charge in [0.15, 0.2) is 0 Å². The van der Waals surface area contributed by atoms with E-state index in [0.717, 1.165) is 37.9 Å². The predicted octanol–water partition coefficient (Wildman–Crippen LogP) is 3.58. The van der Waals surface area contributed by atoms with Gasteiger partial charge >= 0.3 is 0 Å². The summed E-state index contributed by atoms with van der Waals surface area (Å²) < 4.78 is 0. The lowest BCUT2D eigenvalue weighted by atomic mass is 9.92. The van der Waals surface area contributed by atoms with E-state index in [9.17, 15) is 4.79 Å². The minimum absolute atomic E-state index is 0. The molecule has 2 atom stereocenters. The van der Waals surface area contributed by atoms with Crippen LogP contribution in [0.3, 0.4) is 0 Å². The average molecular weight is 339 g/mol. The fourth-order valence-corrected chi connectivity index (χ4v) is 3.16. The van der Waals surface area contributed by atoms with Gasteiger partial charge in [0, 0.05) is 19.1 Å². The number of benzene rings is 1. The van der Waals surface area contributed by atoms with Crippen molar-refractivity contribution in [3.05, 3.63) is 35.4 Å². The maximum atomic E-state index is 12.5. The number of carbonyl (C=O) groups excluding carboxylic acids is 1. The second-order valence-electron chi connectivity index (χ2n) is 6.70. The molecule has 1 fully saturated rings. The number of hydrogen-bond donors (Lipinski definition) is 1. The summed E-state index contributed by atoms with van der Waals surface area (Å²) in [6.07, 6.45) is 6.31. The number of unbranched alkanes of at least 4 members (excludes halogenated alkanes) is 1. The minimum Gasteiger partial charge on any atom is -0.342 e. The highest BCUT2D eigenvalue weighted by atomic mass is 35.5. The quantitative estimate of drug-likeness (QED) is 0.861. The molecule has 1 saturated heterocycles. The molecule has 3 nitrogen and oxygen atoms in total. The van der Waals surface area contributed by atoms with Crippen molar-refractivity contribution in [2.45, 2.75) is 58.4 Å². The van der Waals surface area contributed by atoms with E-state index in [4.69, 9.17) is 5.73 Å². The van der Waals surface area contributed by atoms with Crippen LogP contribution in [0.15, 0.2) is 24.3 Å². The zero-order valence-corrected chi connectivity index (χ0v) is 15.3. The van der Waals surface area contributed by atoms with Crippen molar-refractivity contribution < 1.29 is 4.79 Å². The van der Waals surface area contributed by atoms with Crippen LogP contribution in [0.25, 0.3) is 0 Å². The molecule has 0 aliphatic carbocycles. The van der Waals surface area contributed by atoms with Crippen LogP contribution in [-0.4, -0.2) is 29.9 Å². The first-order chi connectivity index (χ1) is 10.6. The highest BCUT2D eigenvalue weighted by molar-refractivity contribution is 5.85. The van der Waals surface area contributed by atoms with Crippen LogP contribution in [0.2, 0.25) is 0 Å². The summed E-state index contributed by atoms with van der Waals surface area (Å²) in [5.74, 6) is 0.695. The largest absolute Gasteiger partial charge is 0.342 e. The van der Waals surface area contributed by atoms with Crippen LogP contribution in [-0.2, 0) is 17.6 Å². The Kier molecular flexibility index (Phi) is 8.64. The molecular formula is C19H31ClN2O. The molecule has 0 spiro atoms. The zero-order chi connectivity index (χ0) is 15.9. The monoisotopic (exact) mass is 338 g/mol. The van der Waals surface area contributed by atoms with E-state index >= 15 is 0 Å². The SMILES string of the molecule is CCCCc1ccc(CC(=O)N2CCCC(C(C)N)C2)cc1.Cl. The summed E-state index contributed by atoms with van der Waals surface area (Å²) in [6, 6.07) is 8.72. The number of amides is 1. The molecule has 1 aromatic carbocycles. The van der Waals surface area contributed by atoms with Gasteiger partial charge < -0.3 is 10.6 Å². The first-order valence-corrected chi connectivity index (χ1v) is 8.71. The van der Waals surface area contributed by atoms with Crippen LogP contribution in [0, 0.1) is 5.92 Å². The molecule has 0 saturated carbocycles. The Morgan fingerprint density at radius 3 is 2.57 bits per heavy atom. The van der Waals surface area contributed by atoms with Crippen molar-refractivity contribution in [2.75, 3.05) is 13.1 Å². The number of piperidine rings is 1. The van der Waals surface area contributed by atoms with E-state index in [2.05, 4.69) is 31.2 Å². The molecule has 0 radical (unpaired) electrons. The van der Waals surface area contributed by atoms with Crippen LogP contribution < -0.4 is 5.73 Å². The minimum atomic E-state index is 0. The fraction of sp³-hybridized carbons (Fsp3) is 0.632. The van der Waals surface area contributed by atoms with Crippen LogP contribution >= 0.6 is 12.4 Å². The van der Waals surface area contributed by atoms with Gasteiger partial charge in [-0.25, -0.2) is 0 Å². The van der Waals surface area contributed by atoms with Crippen LogP contribution in [0.5, 0.6) is 0 Å². The molecule has 1 heterocycles. The predicted molar refractivity (Wildman–Crippen MR) is 99.0 cm³/mol. The smallest absolute Gasteiger partial charge is 0.226 e. The van der Waals surface area contributed by atoms with Crippen molar-refractivity contribution in [3.63, 3.8) is 0 Å². The summed E-state index contributed by atoms with van der Waals surface area (Å²) in [4.78, 5) is 14.5. The number of hydrogen-bond acceptors (Lipinski definition) is 2. The van der Waals surface area contributed by atoms with Crippen molar-refractivity contribution >= 4 is 18.3 Å². The molecule has 1 aromatic rings. The van der Waals surface area contributed by atoms with Crippen LogP contribution in [0.1, 0.15) is 50.7 Å². The van der Waals surface area contributed by atoms with Gasteiger partial charge in [-0.1, -0.05) is 37.6 Å². The normalized spacial score (nSPS) is 19.1. The van der Waals surface area contributed by atoms with Gasteiger partial charge in [0.25, 0.3) is 0 Å². The van der Waals surface area contributed by atoms with Crippen molar-refractivity contribution in [1.82, 2.24) is 4.90 Å². The number of nitrogens with two attached hydrogens (primary N) is 1. The number of likely N-dealkylation sites (tertiary alicyclic amines) is 1. The second kappa shape index (κ2) is 9.94. The van der Waals surface area contributed by atoms with E-state index in [1.807, 2.05) is 11.8 Å². The number of rotatable bonds is 6. The number of halogens is 1. The molecule has 2 unspecified atom stereocenters. The molecule has 2 N–H and O–H groups in total. The Labute approximate surface area is 147 Å². The molecule has 4 heteroatoms. The van der Waals surface area contributed by atoms with E-state index in [1.54, 1.807) is 0 Å². The van der Waals surface area contributed by atoms with E-state index in [-0.39, 0.29) is 24.4 Å². The third-order valence-electron chi connectivity index (χ3n) is 4.75. The topological polar surface area (TPSA) is 46.3 Å². The molecular weight excluding hydrogens is 308 g/mol. The van der Waals surface area contributed by atoms with Gasteiger partial charge in [-0.3, -0.25) is 4.79 Å². The lowest BCUT2D eigenvalue weighted by Crippen LogP contribution is -2.45. The Morgan fingerprint density at radius 1 is 1.30 bits per heavy atom. The molecule has 0 aromatic heterocycles. The first-order valence-electron chi connectivity index (χ1n) is 8.71. The lowest BCUT2D eigenvalue weighted by Gasteiger charge is -2.34. The average Bonchev–Trinajstić information content (AvgIpc) is 2.54. The molecule has 1 aliphatic heterocycles. The number of carbonyl (C=O) groups is 1. The number of aryl methyl sites for hydroxylation is 1. The Hall–Kier alpha value is -1.06. The summed E-state index contributed by atoms with van der Waals surface area (Å²) in [5.41, 5.74) is 8.49. The van der Waals surface area contributed by atoms with Crippen molar-refractivity contribution in [2.24, 2.45) is 11.7 Å². The molecule has 1 aliphatic rings. The third-order valence-corrected chi connectivity index (χ3v) is 4.75. The highest BCUT2D eigenvalue weighted by Gasteiger charge is 2.25. The van der Waals surface area contributed by atoms with Gasteiger partial charge in [-0.05, 0) is 49.7 Å². The van der Waals surface area contributed by atoms with Crippen LogP contribution in [0.4, 0.5) is 0 Å². The third kappa shape index (κ3) is 6.15. The first kappa shape index (κ1) is 20.0. The van der Waals surface area contributed by atoms with Gasteiger partial charge in [0.2, 0.25) is 5.91 Å². The Morgan fingerprint density at radius 2 is 1.96 bits per heavy atom. The maximum absolute atomic E-state index is 12.5. The van der Waals surface area contributed by atoms with Gasteiger partial charge in [-0.2, -0.15) is 0 Å². The number of nitrogens with zero attached hydrogens (tertiary/aromatic N) is 1. The summed E-state index contributed by atoms with van der Waals surface area (Å²) in [7, 11) is 0. The van der Waals surface area contributed by atoms with Crippen molar-refractivity contribution in [1.29, 1.82) is 0 Å². The summed E-state index contributed by atoms with van der Waals surface area (Å²) in [5, 5.41) is 0. The summed E-state index contributed by atoms with van der Waals surface area (Å²) in [6.45, 7) is 5.97.